The fourth-order valence-electron chi connectivity index (χ4n) is 2.39. The van der Waals surface area contributed by atoms with Crippen molar-refractivity contribution < 1.29 is 4.79 Å². The third kappa shape index (κ3) is 5.24. The van der Waals surface area contributed by atoms with Crippen molar-refractivity contribution in [1.29, 1.82) is 0 Å². The third-order valence-corrected chi connectivity index (χ3v) is 3.51. The first kappa shape index (κ1) is 16.1. The van der Waals surface area contributed by atoms with E-state index in [4.69, 9.17) is 0 Å². The van der Waals surface area contributed by atoms with Crippen molar-refractivity contribution in [3.05, 3.63) is 64.7 Å². The minimum atomic E-state index is 0.0671. The highest BCUT2D eigenvalue weighted by molar-refractivity contribution is 5.76. The van der Waals surface area contributed by atoms with Crippen molar-refractivity contribution in [1.82, 2.24) is 5.32 Å². The first-order valence-electron chi connectivity index (χ1n) is 7.67. The quantitative estimate of drug-likeness (QED) is 0.853. The van der Waals surface area contributed by atoms with Crippen LogP contribution >= 0.6 is 0 Å². The molecule has 1 amide bonds. The number of aryl methyl sites for hydroxylation is 3. The van der Waals surface area contributed by atoms with Gasteiger partial charge in [0.15, 0.2) is 0 Å². The predicted octanol–water partition coefficient (Wildman–Crippen LogP) is 3.73. The Hall–Kier alpha value is -2.29. The molecule has 0 saturated heterocycles. The van der Waals surface area contributed by atoms with E-state index < -0.39 is 0 Å². The number of carbonyl (C=O) groups is 1. The van der Waals surface area contributed by atoms with Crippen molar-refractivity contribution >= 4 is 11.6 Å². The Morgan fingerprint density at radius 2 is 1.55 bits per heavy atom. The lowest BCUT2D eigenvalue weighted by Crippen LogP contribution is -2.24. The Labute approximate surface area is 132 Å². The van der Waals surface area contributed by atoms with E-state index in [1.807, 2.05) is 12.1 Å². The number of nitrogens with one attached hydrogen (secondary N) is 2. The summed E-state index contributed by atoms with van der Waals surface area (Å²) in [6.07, 6.45) is 0.471. The summed E-state index contributed by atoms with van der Waals surface area (Å²) in [6.45, 7) is 7.44. The van der Waals surface area contributed by atoms with Crippen molar-refractivity contribution in [3.63, 3.8) is 0 Å². The number of hydrogen-bond donors (Lipinski definition) is 2. The third-order valence-electron chi connectivity index (χ3n) is 3.51. The van der Waals surface area contributed by atoms with E-state index in [0.717, 1.165) is 11.3 Å². The number of benzene rings is 2. The van der Waals surface area contributed by atoms with E-state index in [1.54, 1.807) is 0 Å². The predicted molar refractivity (Wildman–Crippen MR) is 92.0 cm³/mol. The molecule has 0 unspecified atom stereocenters. The highest BCUT2D eigenvalue weighted by Crippen LogP contribution is 2.13. The van der Waals surface area contributed by atoms with Crippen LogP contribution in [0.5, 0.6) is 0 Å². The summed E-state index contributed by atoms with van der Waals surface area (Å²) in [5.41, 5.74) is 5.88. The Balaban J connectivity index is 1.72. The molecule has 0 atom stereocenters. The molecule has 2 rings (SSSR count). The molecule has 0 fully saturated rings. The van der Waals surface area contributed by atoms with Gasteiger partial charge in [0.25, 0.3) is 0 Å². The van der Waals surface area contributed by atoms with Gasteiger partial charge in [-0.05, 0) is 49.6 Å². The standard InChI is InChI=1S/C19H24N2O/c1-14-4-6-17(7-5-14)13-21-19(22)8-9-20-18-11-15(2)10-16(3)12-18/h4-7,10-12,20H,8-9,13H2,1-3H3,(H,21,22). The van der Waals surface area contributed by atoms with E-state index in [-0.39, 0.29) is 5.91 Å². The molecule has 22 heavy (non-hydrogen) atoms. The van der Waals surface area contributed by atoms with Crippen molar-refractivity contribution in [2.45, 2.75) is 33.7 Å². The number of anilines is 1. The second-order valence-corrected chi connectivity index (χ2v) is 5.82. The van der Waals surface area contributed by atoms with Crippen LogP contribution in [0.25, 0.3) is 0 Å². The summed E-state index contributed by atoms with van der Waals surface area (Å²) < 4.78 is 0. The van der Waals surface area contributed by atoms with Gasteiger partial charge >= 0.3 is 0 Å². The fourth-order valence-corrected chi connectivity index (χ4v) is 2.39. The molecule has 3 heteroatoms. The Bertz CT molecular complexity index is 612. The van der Waals surface area contributed by atoms with Gasteiger partial charge in [0.1, 0.15) is 0 Å². The van der Waals surface area contributed by atoms with Gasteiger partial charge < -0.3 is 10.6 Å². The van der Waals surface area contributed by atoms with Crippen LogP contribution < -0.4 is 10.6 Å². The summed E-state index contributed by atoms with van der Waals surface area (Å²) in [5.74, 6) is 0.0671. The molecule has 2 N–H and O–H groups in total. The minimum absolute atomic E-state index is 0.0671. The van der Waals surface area contributed by atoms with Gasteiger partial charge in [-0.1, -0.05) is 35.9 Å². The van der Waals surface area contributed by atoms with E-state index in [2.05, 4.69) is 61.7 Å². The zero-order chi connectivity index (χ0) is 15.9. The van der Waals surface area contributed by atoms with Crippen LogP contribution in [-0.4, -0.2) is 12.5 Å². The van der Waals surface area contributed by atoms with Crippen LogP contribution in [0.15, 0.2) is 42.5 Å². The van der Waals surface area contributed by atoms with E-state index in [9.17, 15) is 4.79 Å². The summed E-state index contributed by atoms with van der Waals surface area (Å²) in [5, 5.41) is 6.25. The van der Waals surface area contributed by atoms with E-state index in [1.165, 1.54) is 16.7 Å². The Morgan fingerprint density at radius 1 is 0.909 bits per heavy atom. The summed E-state index contributed by atoms with van der Waals surface area (Å²) in [4.78, 5) is 11.9. The highest BCUT2D eigenvalue weighted by Gasteiger charge is 2.02. The molecule has 0 aromatic heterocycles. The second kappa shape index (κ2) is 7.64. The zero-order valence-corrected chi connectivity index (χ0v) is 13.6. The molecule has 0 heterocycles. The van der Waals surface area contributed by atoms with E-state index >= 15 is 0 Å². The molecule has 0 saturated carbocycles. The number of amides is 1. The molecule has 2 aromatic rings. The SMILES string of the molecule is Cc1ccc(CNC(=O)CCNc2cc(C)cc(C)c2)cc1. The van der Waals surface area contributed by atoms with Crippen LogP contribution in [-0.2, 0) is 11.3 Å². The maximum Gasteiger partial charge on any atom is 0.222 e. The van der Waals surface area contributed by atoms with Crippen molar-refractivity contribution in [3.8, 4) is 0 Å². The number of rotatable bonds is 6. The van der Waals surface area contributed by atoms with Crippen LogP contribution in [0, 0.1) is 20.8 Å². The highest BCUT2D eigenvalue weighted by atomic mass is 16.1. The first-order chi connectivity index (χ1) is 10.5. The van der Waals surface area contributed by atoms with Gasteiger partial charge in [-0.15, -0.1) is 0 Å². The fraction of sp³-hybridized carbons (Fsp3) is 0.316. The van der Waals surface area contributed by atoms with Gasteiger partial charge in [-0.2, -0.15) is 0 Å². The second-order valence-electron chi connectivity index (χ2n) is 5.82. The summed E-state index contributed by atoms with van der Waals surface area (Å²) in [7, 11) is 0. The molecule has 0 bridgehead atoms. The number of hydrogen-bond acceptors (Lipinski definition) is 2. The molecule has 0 radical (unpaired) electrons. The summed E-state index contributed by atoms with van der Waals surface area (Å²) in [6, 6.07) is 14.5. The molecule has 2 aromatic carbocycles. The van der Waals surface area contributed by atoms with Gasteiger partial charge in [0.2, 0.25) is 5.91 Å². The average molecular weight is 296 g/mol. The maximum atomic E-state index is 11.9. The molecule has 0 spiro atoms. The molecule has 0 aliphatic heterocycles. The molecular formula is C19H24N2O. The van der Waals surface area contributed by atoms with Crippen molar-refractivity contribution in [2.75, 3.05) is 11.9 Å². The van der Waals surface area contributed by atoms with Crippen LogP contribution in [0.2, 0.25) is 0 Å². The smallest absolute Gasteiger partial charge is 0.222 e. The lowest BCUT2D eigenvalue weighted by molar-refractivity contribution is -0.121. The minimum Gasteiger partial charge on any atom is -0.385 e. The average Bonchev–Trinajstić information content (AvgIpc) is 2.46. The molecule has 0 aliphatic carbocycles. The van der Waals surface area contributed by atoms with E-state index in [0.29, 0.717) is 19.5 Å². The Kier molecular flexibility index (Phi) is 5.59. The molecule has 116 valence electrons. The lowest BCUT2D eigenvalue weighted by atomic mass is 10.1. The zero-order valence-electron chi connectivity index (χ0n) is 13.6. The van der Waals surface area contributed by atoms with Crippen LogP contribution in [0.1, 0.15) is 28.7 Å². The first-order valence-corrected chi connectivity index (χ1v) is 7.67. The number of carbonyl (C=O) groups excluding carboxylic acids is 1. The van der Waals surface area contributed by atoms with Crippen molar-refractivity contribution in [2.24, 2.45) is 0 Å². The van der Waals surface area contributed by atoms with Gasteiger partial charge in [-0.25, -0.2) is 0 Å². The monoisotopic (exact) mass is 296 g/mol. The Morgan fingerprint density at radius 3 is 2.18 bits per heavy atom. The van der Waals surface area contributed by atoms with Crippen LogP contribution in [0.3, 0.4) is 0 Å². The molecule has 3 nitrogen and oxygen atoms in total. The summed E-state index contributed by atoms with van der Waals surface area (Å²) >= 11 is 0. The molecular weight excluding hydrogens is 272 g/mol. The molecule has 0 aliphatic rings. The lowest BCUT2D eigenvalue weighted by Gasteiger charge is -2.09. The van der Waals surface area contributed by atoms with Gasteiger partial charge in [0, 0.05) is 25.2 Å². The largest absolute Gasteiger partial charge is 0.385 e. The van der Waals surface area contributed by atoms with Crippen LogP contribution in [0.4, 0.5) is 5.69 Å². The van der Waals surface area contributed by atoms with Gasteiger partial charge in [0.05, 0.1) is 0 Å². The normalized spacial score (nSPS) is 10.3. The maximum absolute atomic E-state index is 11.9. The van der Waals surface area contributed by atoms with Gasteiger partial charge in [-0.3, -0.25) is 4.79 Å². The topological polar surface area (TPSA) is 41.1 Å².